The number of carbonyl (C=O) groups is 1. The van der Waals surface area contributed by atoms with Crippen LogP contribution in [0.1, 0.15) is 30.1 Å². The van der Waals surface area contributed by atoms with E-state index in [1.807, 2.05) is 4.90 Å². The van der Waals surface area contributed by atoms with Crippen LogP contribution in [0.4, 0.5) is 25.8 Å². The van der Waals surface area contributed by atoms with E-state index in [2.05, 4.69) is 12.2 Å². The minimum atomic E-state index is -4.73. The van der Waals surface area contributed by atoms with Gasteiger partial charge in [0.2, 0.25) is 9.84 Å². The van der Waals surface area contributed by atoms with Gasteiger partial charge in [0.25, 0.3) is 11.6 Å². The highest BCUT2D eigenvalue weighted by molar-refractivity contribution is 7.91. The van der Waals surface area contributed by atoms with Gasteiger partial charge in [0, 0.05) is 30.4 Å². The molecule has 0 unspecified atom stereocenters. The SMILES string of the molecule is CC1CCN(c2ccc(C(=O)Nc3ccc(S(=O)(=O)C(F)F)cc3)cc2[N+](=O)[O-])CC1. The molecule has 1 amide bonds. The van der Waals surface area contributed by atoms with E-state index >= 15 is 0 Å². The smallest absolute Gasteiger partial charge is 0.341 e. The molecule has 0 atom stereocenters. The Kier molecular flexibility index (Phi) is 6.54. The Bertz CT molecular complexity index is 1080. The lowest BCUT2D eigenvalue weighted by Crippen LogP contribution is -2.33. The number of nitrogens with zero attached hydrogens (tertiary/aromatic N) is 2. The van der Waals surface area contributed by atoms with Crippen LogP contribution in [0.5, 0.6) is 0 Å². The average Bonchev–Trinajstić information content (AvgIpc) is 2.74. The highest BCUT2D eigenvalue weighted by Crippen LogP contribution is 2.32. The van der Waals surface area contributed by atoms with E-state index in [0.29, 0.717) is 24.7 Å². The van der Waals surface area contributed by atoms with E-state index in [1.165, 1.54) is 24.3 Å². The molecular formula is C20H21F2N3O5S. The van der Waals surface area contributed by atoms with Gasteiger partial charge in [-0.3, -0.25) is 14.9 Å². The summed E-state index contributed by atoms with van der Waals surface area (Å²) in [5.41, 5.74) is 0.482. The Morgan fingerprint density at radius 2 is 1.77 bits per heavy atom. The van der Waals surface area contributed by atoms with Crippen molar-refractivity contribution in [1.82, 2.24) is 0 Å². The van der Waals surface area contributed by atoms with Crippen LogP contribution in [0.15, 0.2) is 47.4 Å². The van der Waals surface area contributed by atoms with Crippen molar-refractivity contribution in [3.8, 4) is 0 Å². The third-order valence-corrected chi connectivity index (χ3v) is 6.63. The summed E-state index contributed by atoms with van der Waals surface area (Å²) >= 11 is 0. The molecule has 11 heteroatoms. The Balaban J connectivity index is 1.79. The average molecular weight is 453 g/mol. The van der Waals surface area contributed by atoms with Gasteiger partial charge in [-0.15, -0.1) is 0 Å². The number of carbonyl (C=O) groups excluding carboxylic acids is 1. The van der Waals surface area contributed by atoms with E-state index in [1.54, 1.807) is 6.07 Å². The molecule has 1 aliphatic rings. The number of nitro benzene ring substituents is 1. The first-order chi connectivity index (χ1) is 14.6. The number of rotatable bonds is 6. The van der Waals surface area contributed by atoms with Crippen molar-refractivity contribution in [3.05, 3.63) is 58.1 Å². The molecular weight excluding hydrogens is 432 g/mol. The molecule has 0 spiro atoms. The van der Waals surface area contributed by atoms with E-state index in [9.17, 15) is 32.1 Å². The topological polar surface area (TPSA) is 110 Å². The van der Waals surface area contributed by atoms with E-state index in [4.69, 9.17) is 0 Å². The van der Waals surface area contributed by atoms with Gasteiger partial charge in [-0.05, 0) is 55.2 Å². The van der Waals surface area contributed by atoms with Crippen molar-refractivity contribution < 1.29 is 26.9 Å². The number of halogens is 2. The van der Waals surface area contributed by atoms with Crippen molar-refractivity contribution >= 4 is 32.8 Å². The number of nitrogens with one attached hydrogen (secondary N) is 1. The van der Waals surface area contributed by atoms with Crippen LogP contribution in [-0.2, 0) is 9.84 Å². The quantitative estimate of drug-likeness (QED) is 0.521. The number of nitro groups is 1. The summed E-state index contributed by atoms with van der Waals surface area (Å²) in [6, 6.07) is 8.47. The molecule has 1 aliphatic heterocycles. The lowest BCUT2D eigenvalue weighted by molar-refractivity contribution is -0.384. The summed E-state index contributed by atoms with van der Waals surface area (Å²) in [6.45, 7) is 3.53. The second-order valence-corrected chi connectivity index (χ2v) is 9.33. The molecule has 0 radical (unpaired) electrons. The fraction of sp³-hybridized carbons (Fsp3) is 0.350. The summed E-state index contributed by atoms with van der Waals surface area (Å²) < 4.78 is 48.1. The normalized spacial score (nSPS) is 15.2. The molecule has 2 aromatic rings. The Hall–Kier alpha value is -3.08. The zero-order valence-corrected chi connectivity index (χ0v) is 17.4. The largest absolute Gasteiger partial charge is 0.366 e. The number of piperidine rings is 1. The molecule has 0 aliphatic carbocycles. The number of benzene rings is 2. The summed E-state index contributed by atoms with van der Waals surface area (Å²) in [4.78, 5) is 24.9. The standard InChI is InChI=1S/C20H21F2N3O5S/c1-13-8-10-24(11-9-13)17-7-2-14(12-18(17)25(27)28)19(26)23-15-3-5-16(6-4-15)31(29,30)20(21)22/h2-7,12-13,20H,8-11H2,1H3,(H,23,26). The summed E-state index contributed by atoms with van der Waals surface area (Å²) in [6.07, 6.45) is 1.85. The molecule has 166 valence electrons. The summed E-state index contributed by atoms with van der Waals surface area (Å²) in [5.74, 6) is -3.64. The molecule has 1 heterocycles. The molecule has 31 heavy (non-hydrogen) atoms. The van der Waals surface area contributed by atoms with Gasteiger partial charge in [-0.1, -0.05) is 6.92 Å². The molecule has 1 N–H and O–H groups in total. The number of hydrogen-bond donors (Lipinski definition) is 1. The molecule has 8 nitrogen and oxygen atoms in total. The van der Waals surface area contributed by atoms with Crippen molar-refractivity contribution in [2.24, 2.45) is 5.92 Å². The number of hydrogen-bond acceptors (Lipinski definition) is 6. The van der Waals surface area contributed by atoms with Crippen LogP contribution in [-0.4, -0.2) is 38.1 Å². The van der Waals surface area contributed by atoms with E-state index in [-0.39, 0.29) is 16.9 Å². The van der Waals surface area contributed by atoms with Gasteiger partial charge >= 0.3 is 5.76 Å². The Morgan fingerprint density at radius 3 is 2.32 bits per heavy atom. The lowest BCUT2D eigenvalue weighted by atomic mass is 9.98. The maximum atomic E-state index is 12.6. The molecule has 0 saturated carbocycles. The maximum absolute atomic E-state index is 12.6. The lowest BCUT2D eigenvalue weighted by Gasteiger charge is -2.31. The number of amides is 1. The monoisotopic (exact) mass is 453 g/mol. The fourth-order valence-electron chi connectivity index (χ4n) is 3.36. The van der Waals surface area contributed by atoms with Crippen molar-refractivity contribution in [2.75, 3.05) is 23.3 Å². The van der Waals surface area contributed by atoms with Crippen molar-refractivity contribution in [3.63, 3.8) is 0 Å². The highest BCUT2D eigenvalue weighted by atomic mass is 32.2. The minimum absolute atomic E-state index is 0.0464. The molecule has 0 aromatic heterocycles. The second-order valence-electron chi connectivity index (χ2n) is 7.41. The van der Waals surface area contributed by atoms with Gasteiger partial charge in [-0.25, -0.2) is 8.42 Å². The number of sulfone groups is 1. The predicted molar refractivity (Wildman–Crippen MR) is 111 cm³/mol. The van der Waals surface area contributed by atoms with Gasteiger partial charge < -0.3 is 10.2 Å². The van der Waals surface area contributed by atoms with Crippen LogP contribution < -0.4 is 10.2 Å². The first kappa shape index (κ1) is 22.6. The van der Waals surface area contributed by atoms with Crippen LogP contribution in [0.25, 0.3) is 0 Å². The van der Waals surface area contributed by atoms with Gasteiger partial charge in [0.1, 0.15) is 5.69 Å². The Morgan fingerprint density at radius 1 is 1.16 bits per heavy atom. The van der Waals surface area contributed by atoms with Crippen LogP contribution in [0.3, 0.4) is 0 Å². The van der Waals surface area contributed by atoms with Crippen molar-refractivity contribution in [2.45, 2.75) is 30.4 Å². The van der Waals surface area contributed by atoms with E-state index in [0.717, 1.165) is 25.0 Å². The van der Waals surface area contributed by atoms with E-state index < -0.39 is 31.3 Å². The highest BCUT2D eigenvalue weighted by Gasteiger charge is 2.27. The fourth-order valence-corrected chi connectivity index (χ4v) is 4.08. The first-order valence-corrected chi connectivity index (χ1v) is 11.1. The molecule has 2 aromatic carbocycles. The van der Waals surface area contributed by atoms with Crippen LogP contribution >= 0.6 is 0 Å². The minimum Gasteiger partial charge on any atom is -0.366 e. The molecule has 0 bridgehead atoms. The predicted octanol–water partition coefficient (Wildman–Crippen LogP) is 4.08. The zero-order valence-electron chi connectivity index (χ0n) is 16.6. The van der Waals surface area contributed by atoms with Crippen molar-refractivity contribution in [1.29, 1.82) is 0 Å². The van der Waals surface area contributed by atoms with Gasteiger partial charge in [0.15, 0.2) is 0 Å². The number of alkyl halides is 2. The molecule has 1 fully saturated rings. The molecule has 3 rings (SSSR count). The second kappa shape index (κ2) is 8.96. The van der Waals surface area contributed by atoms with Crippen LogP contribution in [0.2, 0.25) is 0 Å². The Labute approximate surface area is 177 Å². The third-order valence-electron chi connectivity index (χ3n) is 5.23. The van der Waals surface area contributed by atoms with Gasteiger partial charge in [0.05, 0.1) is 9.82 Å². The number of anilines is 2. The summed E-state index contributed by atoms with van der Waals surface area (Å²) in [5, 5.41) is 14.1. The van der Waals surface area contributed by atoms with Crippen LogP contribution in [0, 0.1) is 16.0 Å². The van der Waals surface area contributed by atoms with Gasteiger partial charge in [-0.2, -0.15) is 8.78 Å². The third kappa shape index (κ3) is 4.98. The zero-order chi connectivity index (χ0) is 22.8. The molecule has 1 saturated heterocycles. The first-order valence-electron chi connectivity index (χ1n) is 9.56. The summed E-state index contributed by atoms with van der Waals surface area (Å²) in [7, 11) is -4.73. The maximum Gasteiger partial charge on any atom is 0.341 e.